The molecule has 0 saturated heterocycles. The van der Waals surface area contributed by atoms with Gasteiger partial charge in [-0.2, -0.15) is 0 Å². The Labute approximate surface area is 199 Å². The van der Waals surface area contributed by atoms with E-state index in [1.54, 1.807) is 24.3 Å². The Hall–Kier alpha value is -3.72. The third kappa shape index (κ3) is 4.65. The molecule has 1 aliphatic heterocycles. The molecule has 1 heterocycles. The number of hydrogen-bond acceptors (Lipinski definition) is 6. The molecule has 0 aliphatic carbocycles. The molecule has 1 aliphatic rings. The Morgan fingerprint density at radius 1 is 1.00 bits per heavy atom. The maximum Gasteiger partial charge on any atom is 0.264 e. The highest BCUT2D eigenvalue weighted by atomic mass is 32.2. The molecule has 0 saturated carbocycles. The zero-order valence-electron chi connectivity index (χ0n) is 19.1. The lowest BCUT2D eigenvalue weighted by Gasteiger charge is -2.22. The van der Waals surface area contributed by atoms with Crippen LogP contribution in [0.25, 0.3) is 0 Å². The molecule has 1 unspecified atom stereocenters. The fraction of sp³-hybridized carbons (Fsp3) is 0.240. The molecular weight excluding hydrogens is 456 g/mol. The topological polar surface area (TPSA) is 94.2 Å². The monoisotopic (exact) mass is 482 g/mol. The van der Waals surface area contributed by atoms with Crippen LogP contribution in [-0.2, 0) is 10.0 Å². The Bertz CT molecular complexity index is 1290. The molecule has 3 aromatic rings. The number of anilines is 1. The summed E-state index contributed by atoms with van der Waals surface area (Å²) in [5, 5.41) is 2.93. The van der Waals surface area contributed by atoms with Crippen molar-refractivity contribution in [3.05, 3.63) is 77.9 Å². The lowest BCUT2D eigenvalue weighted by molar-refractivity contribution is 0.0939. The van der Waals surface area contributed by atoms with E-state index in [4.69, 9.17) is 14.2 Å². The maximum atomic E-state index is 13.1. The molecular formula is C25H26N2O6S. The van der Waals surface area contributed by atoms with Gasteiger partial charge < -0.3 is 19.5 Å². The van der Waals surface area contributed by atoms with Crippen LogP contribution in [0.5, 0.6) is 17.2 Å². The highest BCUT2D eigenvalue weighted by molar-refractivity contribution is 7.92. The van der Waals surface area contributed by atoms with Gasteiger partial charge in [-0.25, -0.2) is 8.42 Å². The summed E-state index contributed by atoms with van der Waals surface area (Å²) in [6.45, 7) is 2.86. The van der Waals surface area contributed by atoms with Gasteiger partial charge in [0.1, 0.15) is 19.0 Å². The predicted octanol–water partition coefficient (Wildman–Crippen LogP) is 3.78. The minimum Gasteiger partial charge on any atom is -0.495 e. The zero-order chi connectivity index (χ0) is 24.3. The summed E-state index contributed by atoms with van der Waals surface area (Å²) in [5.74, 6) is 1.46. The fourth-order valence-corrected chi connectivity index (χ4v) is 4.85. The number of rotatable bonds is 7. The van der Waals surface area contributed by atoms with Crippen molar-refractivity contribution in [2.45, 2.75) is 17.9 Å². The molecule has 0 spiro atoms. The number of para-hydroxylation sites is 2. The summed E-state index contributed by atoms with van der Waals surface area (Å²) < 4.78 is 43.8. The first-order valence-electron chi connectivity index (χ1n) is 10.7. The smallest absolute Gasteiger partial charge is 0.264 e. The molecule has 1 atom stereocenters. The number of benzene rings is 3. The van der Waals surface area contributed by atoms with Crippen molar-refractivity contribution < 1.29 is 27.4 Å². The van der Waals surface area contributed by atoms with E-state index in [9.17, 15) is 13.2 Å². The number of amides is 1. The lowest BCUT2D eigenvalue weighted by Crippen LogP contribution is -2.28. The van der Waals surface area contributed by atoms with E-state index in [-0.39, 0.29) is 16.8 Å². The first-order valence-corrected chi connectivity index (χ1v) is 12.2. The average Bonchev–Trinajstić information content (AvgIpc) is 2.87. The van der Waals surface area contributed by atoms with Gasteiger partial charge in [0.05, 0.1) is 23.7 Å². The van der Waals surface area contributed by atoms with Gasteiger partial charge in [0.25, 0.3) is 15.9 Å². The molecule has 4 rings (SSSR count). The summed E-state index contributed by atoms with van der Waals surface area (Å²) in [6, 6.07) is 18.0. The van der Waals surface area contributed by atoms with Crippen molar-refractivity contribution in [2.24, 2.45) is 0 Å². The van der Waals surface area contributed by atoms with Gasteiger partial charge >= 0.3 is 0 Å². The number of ether oxygens (including phenoxy) is 3. The second kappa shape index (κ2) is 9.64. The average molecular weight is 483 g/mol. The van der Waals surface area contributed by atoms with E-state index in [0.29, 0.717) is 41.7 Å². The third-order valence-electron chi connectivity index (χ3n) is 5.61. The lowest BCUT2D eigenvalue weighted by atomic mass is 10.1. The predicted molar refractivity (Wildman–Crippen MR) is 128 cm³/mol. The number of carbonyl (C=O) groups is 1. The van der Waals surface area contributed by atoms with Crippen LogP contribution in [0, 0.1) is 0 Å². The fourth-order valence-electron chi connectivity index (χ4n) is 3.65. The van der Waals surface area contributed by atoms with E-state index < -0.39 is 10.0 Å². The van der Waals surface area contributed by atoms with Crippen LogP contribution in [0.1, 0.15) is 28.9 Å². The number of nitrogens with one attached hydrogen (secondary N) is 1. The molecule has 34 heavy (non-hydrogen) atoms. The van der Waals surface area contributed by atoms with Crippen molar-refractivity contribution in [3.8, 4) is 17.2 Å². The van der Waals surface area contributed by atoms with Gasteiger partial charge in [0.15, 0.2) is 11.5 Å². The Morgan fingerprint density at radius 2 is 1.68 bits per heavy atom. The van der Waals surface area contributed by atoms with Gasteiger partial charge in [-0.3, -0.25) is 9.10 Å². The van der Waals surface area contributed by atoms with E-state index in [2.05, 4.69) is 5.32 Å². The standard InChI is InChI=1S/C25H26N2O6S/c1-17(19-10-13-23-24(16-19)33-15-14-32-23)26-25(28)18-8-11-20(12-9-18)34(29,30)27(2)21-6-4-5-7-22(21)31-3/h4-13,16-17H,14-15H2,1-3H3,(H,26,28). The highest BCUT2D eigenvalue weighted by Crippen LogP contribution is 2.33. The van der Waals surface area contributed by atoms with Crippen LogP contribution in [0.2, 0.25) is 0 Å². The summed E-state index contributed by atoms with van der Waals surface area (Å²) in [7, 11) is -0.900. The van der Waals surface area contributed by atoms with Crippen LogP contribution in [0.3, 0.4) is 0 Å². The van der Waals surface area contributed by atoms with E-state index in [0.717, 1.165) is 9.87 Å². The first kappa shape index (κ1) is 23.4. The molecule has 1 N–H and O–H groups in total. The molecule has 0 fully saturated rings. The summed E-state index contributed by atoms with van der Waals surface area (Å²) >= 11 is 0. The molecule has 178 valence electrons. The number of sulfonamides is 1. The van der Waals surface area contributed by atoms with Gasteiger partial charge in [-0.1, -0.05) is 18.2 Å². The molecule has 9 heteroatoms. The second-order valence-corrected chi connectivity index (χ2v) is 9.74. The van der Waals surface area contributed by atoms with Crippen molar-refractivity contribution in [1.29, 1.82) is 0 Å². The van der Waals surface area contributed by atoms with E-state index >= 15 is 0 Å². The summed E-state index contributed by atoms with van der Waals surface area (Å²) in [6.07, 6.45) is 0. The Balaban J connectivity index is 1.48. The van der Waals surface area contributed by atoms with Crippen LogP contribution in [-0.4, -0.2) is 41.7 Å². The molecule has 8 nitrogen and oxygen atoms in total. The van der Waals surface area contributed by atoms with Crippen molar-refractivity contribution >= 4 is 21.6 Å². The van der Waals surface area contributed by atoms with Gasteiger partial charge in [0, 0.05) is 12.6 Å². The number of methoxy groups -OCH3 is 1. The van der Waals surface area contributed by atoms with Crippen molar-refractivity contribution in [3.63, 3.8) is 0 Å². The van der Waals surface area contributed by atoms with Crippen LogP contribution in [0.4, 0.5) is 5.69 Å². The van der Waals surface area contributed by atoms with Gasteiger partial charge in [-0.15, -0.1) is 0 Å². The largest absolute Gasteiger partial charge is 0.495 e. The molecule has 3 aromatic carbocycles. The highest BCUT2D eigenvalue weighted by Gasteiger charge is 2.24. The summed E-state index contributed by atoms with van der Waals surface area (Å²) in [5.41, 5.74) is 1.64. The number of fused-ring (bicyclic) bond motifs is 1. The number of carbonyl (C=O) groups excluding carboxylic acids is 1. The minimum atomic E-state index is -3.85. The van der Waals surface area contributed by atoms with Crippen molar-refractivity contribution in [2.75, 3.05) is 31.7 Å². The van der Waals surface area contributed by atoms with Gasteiger partial charge in [-0.05, 0) is 61.0 Å². The van der Waals surface area contributed by atoms with E-state index in [1.165, 1.54) is 38.4 Å². The molecule has 0 radical (unpaired) electrons. The van der Waals surface area contributed by atoms with Gasteiger partial charge in [0.2, 0.25) is 0 Å². The number of hydrogen-bond donors (Lipinski definition) is 1. The molecule has 1 amide bonds. The zero-order valence-corrected chi connectivity index (χ0v) is 20.0. The van der Waals surface area contributed by atoms with Crippen LogP contribution < -0.4 is 23.8 Å². The normalized spacial score (nSPS) is 13.6. The number of nitrogens with zero attached hydrogens (tertiary/aromatic N) is 1. The molecule has 0 bridgehead atoms. The molecule has 0 aromatic heterocycles. The van der Waals surface area contributed by atoms with Crippen molar-refractivity contribution in [1.82, 2.24) is 5.32 Å². The quantitative estimate of drug-likeness (QED) is 0.551. The first-order chi connectivity index (χ1) is 16.3. The Kier molecular flexibility index (Phi) is 6.65. The van der Waals surface area contributed by atoms with Crippen LogP contribution >= 0.6 is 0 Å². The Morgan fingerprint density at radius 3 is 2.38 bits per heavy atom. The minimum absolute atomic E-state index is 0.0670. The SMILES string of the molecule is COc1ccccc1N(C)S(=O)(=O)c1ccc(C(=O)NC(C)c2ccc3c(c2)OCCO3)cc1. The van der Waals surface area contributed by atoms with Crippen LogP contribution in [0.15, 0.2) is 71.6 Å². The maximum absolute atomic E-state index is 13.1. The summed E-state index contributed by atoms with van der Waals surface area (Å²) in [4.78, 5) is 12.8. The second-order valence-electron chi connectivity index (χ2n) is 7.77. The van der Waals surface area contributed by atoms with E-state index in [1.807, 2.05) is 25.1 Å². The third-order valence-corrected chi connectivity index (χ3v) is 7.40.